The number of rotatable bonds is 8. The van der Waals surface area contributed by atoms with Crippen molar-refractivity contribution in [2.24, 2.45) is 5.92 Å². The molecule has 1 atom stereocenters. The highest BCUT2D eigenvalue weighted by Gasteiger charge is 2.34. The largest absolute Gasteiger partial charge is 0.647 e. The summed E-state index contributed by atoms with van der Waals surface area (Å²) < 4.78 is 31.6. The van der Waals surface area contributed by atoms with Gasteiger partial charge in [0.05, 0.1) is 0 Å². The van der Waals surface area contributed by atoms with E-state index in [0.29, 0.717) is 23.2 Å². The van der Waals surface area contributed by atoms with E-state index in [4.69, 9.17) is 13.6 Å². The van der Waals surface area contributed by atoms with Crippen molar-refractivity contribution in [3.8, 4) is 17.2 Å². The minimum Gasteiger partial charge on any atom is -0.386 e. The zero-order chi connectivity index (χ0) is 23.4. The molecule has 0 aliphatic heterocycles. The Hall–Kier alpha value is -3.23. The van der Waals surface area contributed by atoms with Crippen molar-refractivity contribution < 1.29 is 18.1 Å². The third-order valence-corrected chi connectivity index (χ3v) is 6.55. The Morgan fingerprint density at radius 2 is 1.39 bits per heavy atom. The first kappa shape index (κ1) is 22.9. The minimum atomic E-state index is -4.05. The summed E-state index contributed by atoms with van der Waals surface area (Å²) in [6.07, 6.45) is 0.963. The first-order chi connectivity index (χ1) is 15.8. The van der Waals surface area contributed by atoms with Crippen molar-refractivity contribution in [2.75, 3.05) is 0 Å². The number of phosphoric acid groups is 1. The summed E-state index contributed by atoms with van der Waals surface area (Å²) in [7, 11) is -4.05. The van der Waals surface area contributed by atoms with Crippen molar-refractivity contribution in [3.63, 3.8) is 0 Å². The van der Waals surface area contributed by atoms with Crippen LogP contribution in [0.5, 0.6) is 17.2 Å². The molecule has 4 nitrogen and oxygen atoms in total. The van der Waals surface area contributed by atoms with Gasteiger partial charge in [0.15, 0.2) is 0 Å². The van der Waals surface area contributed by atoms with Gasteiger partial charge in [0.2, 0.25) is 0 Å². The molecule has 0 radical (unpaired) electrons. The first-order valence-corrected chi connectivity index (χ1v) is 12.6. The third-order valence-electron chi connectivity index (χ3n) is 5.26. The molecule has 5 heteroatoms. The summed E-state index contributed by atoms with van der Waals surface area (Å²) in [5, 5.41) is 2.04. The number of hydrogen-bond acceptors (Lipinski definition) is 4. The second kappa shape index (κ2) is 9.72. The van der Waals surface area contributed by atoms with Crippen LogP contribution in [0.3, 0.4) is 0 Å². The van der Waals surface area contributed by atoms with Crippen LogP contribution in [0, 0.1) is 19.8 Å². The molecule has 33 heavy (non-hydrogen) atoms. The van der Waals surface area contributed by atoms with E-state index in [1.807, 2.05) is 74.5 Å². The van der Waals surface area contributed by atoms with E-state index in [2.05, 4.69) is 13.8 Å². The molecule has 4 rings (SSSR count). The number of benzene rings is 4. The van der Waals surface area contributed by atoms with Crippen molar-refractivity contribution >= 4 is 18.6 Å². The van der Waals surface area contributed by atoms with Crippen LogP contribution >= 0.6 is 7.82 Å². The molecule has 0 fully saturated rings. The standard InChI is InChI=1S/C28H29O4P/c1-20(2)17-23-10-13-26(14-11-23)30-33(29,32-28-16-9-21(3)18-22(28)4)31-27-15-12-24-7-5-6-8-25(24)19-27/h5-16,18-20H,17H2,1-4H3. The summed E-state index contributed by atoms with van der Waals surface area (Å²) in [5.74, 6) is 1.85. The molecule has 0 saturated carbocycles. The van der Waals surface area contributed by atoms with Crippen LogP contribution in [0.2, 0.25) is 0 Å². The first-order valence-electron chi connectivity index (χ1n) is 11.1. The fourth-order valence-electron chi connectivity index (χ4n) is 3.72. The van der Waals surface area contributed by atoms with Gasteiger partial charge in [-0.3, -0.25) is 0 Å². The summed E-state index contributed by atoms with van der Waals surface area (Å²) >= 11 is 0. The minimum absolute atomic E-state index is 0.415. The van der Waals surface area contributed by atoms with Gasteiger partial charge in [-0.05, 0) is 78.4 Å². The Kier molecular flexibility index (Phi) is 6.76. The van der Waals surface area contributed by atoms with Crippen molar-refractivity contribution in [3.05, 3.63) is 102 Å². The molecule has 4 aromatic carbocycles. The fraction of sp³-hybridized carbons (Fsp3) is 0.214. The van der Waals surface area contributed by atoms with Crippen molar-refractivity contribution in [2.45, 2.75) is 34.1 Å². The van der Waals surface area contributed by atoms with E-state index in [0.717, 1.165) is 28.3 Å². The van der Waals surface area contributed by atoms with Gasteiger partial charge in [-0.1, -0.05) is 74.0 Å². The van der Waals surface area contributed by atoms with E-state index in [-0.39, 0.29) is 0 Å². The predicted octanol–water partition coefficient (Wildman–Crippen LogP) is 8.30. The van der Waals surface area contributed by atoms with Crippen LogP contribution in [-0.2, 0) is 11.0 Å². The van der Waals surface area contributed by atoms with Gasteiger partial charge < -0.3 is 13.6 Å². The van der Waals surface area contributed by atoms with Gasteiger partial charge in [-0.2, -0.15) is 4.57 Å². The lowest BCUT2D eigenvalue weighted by Crippen LogP contribution is -2.08. The molecule has 0 amide bonds. The van der Waals surface area contributed by atoms with E-state index >= 15 is 0 Å². The number of aryl methyl sites for hydroxylation is 2. The number of hydrogen-bond donors (Lipinski definition) is 0. The molecule has 0 aliphatic carbocycles. The van der Waals surface area contributed by atoms with E-state index in [1.54, 1.807) is 24.3 Å². The van der Waals surface area contributed by atoms with Crippen LogP contribution in [0.4, 0.5) is 0 Å². The van der Waals surface area contributed by atoms with Gasteiger partial charge in [0, 0.05) is 0 Å². The monoisotopic (exact) mass is 460 g/mol. The zero-order valence-electron chi connectivity index (χ0n) is 19.4. The Bertz CT molecular complexity index is 1300. The second-order valence-electron chi connectivity index (χ2n) is 8.74. The molecule has 0 aromatic heterocycles. The van der Waals surface area contributed by atoms with Gasteiger partial charge in [-0.15, -0.1) is 0 Å². The molecular formula is C28H29O4P. The number of fused-ring (bicyclic) bond motifs is 1. The van der Waals surface area contributed by atoms with Crippen molar-refractivity contribution in [1.82, 2.24) is 0 Å². The molecule has 0 N–H and O–H groups in total. The Labute approximate surface area is 195 Å². The topological polar surface area (TPSA) is 44.8 Å². The average Bonchev–Trinajstić information content (AvgIpc) is 2.77. The highest BCUT2D eigenvalue weighted by Crippen LogP contribution is 2.50. The fourth-order valence-corrected chi connectivity index (χ4v) is 5.03. The van der Waals surface area contributed by atoms with Crippen LogP contribution in [-0.4, -0.2) is 0 Å². The molecule has 170 valence electrons. The van der Waals surface area contributed by atoms with E-state index in [9.17, 15) is 4.57 Å². The Morgan fingerprint density at radius 3 is 2.09 bits per heavy atom. The normalized spacial score (nSPS) is 13.0. The highest BCUT2D eigenvalue weighted by molar-refractivity contribution is 7.49. The molecule has 0 bridgehead atoms. The Morgan fingerprint density at radius 1 is 0.727 bits per heavy atom. The molecule has 0 aliphatic rings. The summed E-state index contributed by atoms with van der Waals surface area (Å²) in [6, 6.07) is 26.7. The molecule has 1 unspecified atom stereocenters. The maximum atomic E-state index is 13.9. The average molecular weight is 461 g/mol. The van der Waals surface area contributed by atoms with E-state index in [1.165, 1.54) is 5.56 Å². The smallest absolute Gasteiger partial charge is 0.386 e. The maximum Gasteiger partial charge on any atom is 0.647 e. The Balaban J connectivity index is 1.65. The second-order valence-corrected chi connectivity index (χ2v) is 10.2. The molecular weight excluding hydrogens is 431 g/mol. The van der Waals surface area contributed by atoms with Gasteiger partial charge in [-0.25, -0.2) is 0 Å². The molecule has 0 heterocycles. The van der Waals surface area contributed by atoms with Gasteiger partial charge in [0.1, 0.15) is 17.2 Å². The highest BCUT2D eigenvalue weighted by atomic mass is 31.2. The van der Waals surface area contributed by atoms with E-state index < -0.39 is 7.82 Å². The van der Waals surface area contributed by atoms with Gasteiger partial charge >= 0.3 is 7.82 Å². The molecule has 0 spiro atoms. The zero-order valence-corrected chi connectivity index (χ0v) is 20.3. The van der Waals surface area contributed by atoms with Gasteiger partial charge in [0.25, 0.3) is 0 Å². The predicted molar refractivity (Wildman–Crippen MR) is 134 cm³/mol. The molecule has 4 aromatic rings. The van der Waals surface area contributed by atoms with Crippen LogP contribution in [0.25, 0.3) is 10.8 Å². The third kappa shape index (κ3) is 5.97. The van der Waals surface area contributed by atoms with Crippen LogP contribution in [0.1, 0.15) is 30.5 Å². The summed E-state index contributed by atoms with van der Waals surface area (Å²) in [4.78, 5) is 0. The van der Waals surface area contributed by atoms with Crippen LogP contribution < -0.4 is 13.6 Å². The quantitative estimate of drug-likeness (QED) is 0.248. The summed E-state index contributed by atoms with van der Waals surface area (Å²) in [6.45, 7) is 8.25. The summed E-state index contributed by atoms with van der Waals surface area (Å²) in [5.41, 5.74) is 3.14. The number of phosphoric ester groups is 1. The lowest BCUT2D eigenvalue weighted by molar-refractivity contribution is 0.298. The lowest BCUT2D eigenvalue weighted by Gasteiger charge is -2.21. The SMILES string of the molecule is Cc1ccc(OP(=O)(Oc2ccc(CC(C)C)cc2)Oc2ccc3ccccc3c2)c(C)c1. The molecule has 0 saturated heterocycles. The maximum absolute atomic E-state index is 13.9. The van der Waals surface area contributed by atoms with Crippen LogP contribution in [0.15, 0.2) is 84.9 Å². The van der Waals surface area contributed by atoms with Crippen molar-refractivity contribution in [1.29, 1.82) is 0 Å². The lowest BCUT2D eigenvalue weighted by atomic mass is 10.0.